The third-order valence-corrected chi connectivity index (χ3v) is 4.48. The summed E-state index contributed by atoms with van der Waals surface area (Å²) in [5.41, 5.74) is 5.74. The molecule has 4 atom stereocenters. The average Bonchev–Trinajstić information content (AvgIpc) is 3.06. The van der Waals surface area contributed by atoms with Gasteiger partial charge in [-0.15, -0.1) is 0 Å². The fourth-order valence-corrected chi connectivity index (χ4v) is 3.36. The molecule has 9 heteroatoms. The Labute approximate surface area is 138 Å². The molecule has 124 valence electrons. The number of rotatable bonds is 5. The molecule has 8 nitrogen and oxygen atoms in total. The molecule has 2 aromatic heterocycles. The predicted octanol–water partition coefficient (Wildman–Crippen LogP) is -0.352. The summed E-state index contributed by atoms with van der Waals surface area (Å²) in [6.07, 6.45) is -0.945. The van der Waals surface area contributed by atoms with E-state index in [0.29, 0.717) is 29.2 Å². The van der Waals surface area contributed by atoms with Crippen LogP contribution in [0.2, 0.25) is 0 Å². The van der Waals surface area contributed by atoms with Crippen LogP contribution >= 0.6 is 12.6 Å². The highest BCUT2D eigenvalue weighted by Gasteiger charge is 2.56. The highest BCUT2D eigenvalue weighted by molar-refractivity contribution is 7.80. The summed E-state index contributed by atoms with van der Waals surface area (Å²) in [6, 6.07) is 3.48. The second-order valence-corrected chi connectivity index (χ2v) is 5.98. The van der Waals surface area contributed by atoms with Crippen LogP contribution in [0.15, 0.2) is 23.5 Å². The summed E-state index contributed by atoms with van der Waals surface area (Å²) in [5.74, 6) is 0.837. The first-order chi connectivity index (χ1) is 11.0. The van der Waals surface area contributed by atoms with Crippen molar-refractivity contribution < 1.29 is 14.9 Å². The van der Waals surface area contributed by atoms with Gasteiger partial charge < -0.3 is 20.7 Å². The minimum atomic E-state index is -1.25. The molecule has 0 aromatic carbocycles. The second-order valence-electron chi connectivity index (χ2n) is 5.54. The third-order valence-electron chi connectivity index (χ3n) is 4.22. The molecule has 0 amide bonds. The molecule has 4 N–H and O–H groups in total. The molecule has 1 fully saturated rings. The molecular formula is C14H19N5O3S. The number of hydrogen-bond acceptors (Lipinski definition) is 8. The van der Waals surface area contributed by atoms with Crippen molar-refractivity contribution in [2.24, 2.45) is 4.99 Å². The number of nitrogens with zero attached hydrogens (tertiary/aromatic N) is 4. The van der Waals surface area contributed by atoms with Crippen molar-refractivity contribution in [3.8, 4) is 0 Å². The van der Waals surface area contributed by atoms with Gasteiger partial charge in [-0.05, 0) is 31.0 Å². The maximum atomic E-state index is 10.7. The van der Waals surface area contributed by atoms with E-state index in [-0.39, 0.29) is 6.54 Å². The molecule has 0 spiro atoms. The number of hydrogen-bond donors (Lipinski definition) is 4. The van der Waals surface area contributed by atoms with Crippen LogP contribution in [0.3, 0.4) is 0 Å². The number of fused-ring (bicyclic) bond motifs is 1. The first-order valence-electron chi connectivity index (χ1n) is 7.21. The number of nitrogen functional groups attached to an aromatic ring is 1. The minimum absolute atomic E-state index is 0.0737. The van der Waals surface area contributed by atoms with Gasteiger partial charge in [0.15, 0.2) is 11.4 Å². The molecule has 2 aromatic rings. The molecule has 1 aliphatic heterocycles. The number of aliphatic hydroxyl groups excluding tert-OH is 2. The number of ether oxygens (including phenoxy) is 1. The lowest BCUT2D eigenvalue weighted by molar-refractivity contribution is -0.0849. The van der Waals surface area contributed by atoms with Crippen LogP contribution in [0.4, 0.5) is 5.82 Å². The van der Waals surface area contributed by atoms with E-state index in [4.69, 9.17) is 10.5 Å². The first-order valence-corrected chi connectivity index (χ1v) is 7.84. The Kier molecular flexibility index (Phi) is 4.28. The Morgan fingerprint density at radius 1 is 1.48 bits per heavy atom. The van der Waals surface area contributed by atoms with Gasteiger partial charge in [0, 0.05) is 0 Å². The summed E-state index contributed by atoms with van der Waals surface area (Å²) >= 11 is 4.17. The molecule has 1 saturated heterocycles. The number of aliphatic hydroxyl groups is 2. The summed E-state index contributed by atoms with van der Waals surface area (Å²) in [6.45, 7) is 3.58. The van der Waals surface area contributed by atoms with E-state index in [1.807, 2.05) is 0 Å². The van der Waals surface area contributed by atoms with Crippen molar-refractivity contribution in [3.63, 3.8) is 0 Å². The molecule has 0 saturated carbocycles. The topological polar surface area (TPSA) is 118 Å². The molecule has 3 rings (SSSR count). The van der Waals surface area contributed by atoms with E-state index in [0.717, 1.165) is 0 Å². The normalized spacial score (nSPS) is 30.8. The maximum absolute atomic E-state index is 10.7. The van der Waals surface area contributed by atoms with E-state index in [9.17, 15) is 10.2 Å². The fraction of sp³-hybridized carbons (Fsp3) is 0.500. The Bertz CT molecular complexity index is 724. The lowest BCUT2D eigenvalue weighted by Crippen LogP contribution is -2.44. The smallest absolute Gasteiger partial charge is 0.158 e. The highest BCUT2D eigenvalue weighted by atomic mass is 32.1. The monoisotopic (exact) mass is 337 g/mol. The standard InChI is InChI=1S/C14H19N5O3S/c1-16-6-14(12(21)11(20)9(22-14)4-5-23)10-3-2-8-13(15)17-7-18-19(8)10/h2-3,7,9,11-12,20-21,23H,1,4-6H2,(H2,15,17,18)/t9-,11?,12?,14+/m1/s1. The van der Waals surface area contributed by atoms with E-state index < -0.39 is 23.9 Å². The third kappa shape index (κ3) is 2.40. The Morgan fingerprint density at radius 3 is 2.96 bits per heavy atom. The van der Waals surface area contributed by atoms with Crippen LogP contribution in [0.5, 0.6) is 0 Å². The summed E-state index contributed by atoms with van der Waals surface area (Å²) in [5, 5.41) is 25.2. The van der Waals surface area contributed by atoms with Crippen molar-refractivity contribution in [2.45, 2.75) is 30.3 Å². The van der Waals surface area contributed by atoms with Crippen LogP contribution in [0, 0.1) is 0 Å². The van der Waals surface area contributed by atoms with Gasteiger partial charge in [0.2, 0.25) is 0 Å². The number of nitrogens with two attached hydrogens (primary N) is 1. The van der Waals surface area contributed by atoms with Crippen molar-refractivity contribution in [1.82, 2.24) is 14.6 Å². The first kappa shape index (κ1) is 16.2. The van der Waals surface area contributed by atoms with Gasteiger partial charge in [0.05, 0.1) is 18.3 Å². The van der Waals surface area contributed by atoms with Gasteiger partial charge in [-0.2, -0.15) is 17.7 Å². The number of aliphatic imine (C=N–C) groups is 1. The Hall–Kier alpha value is -1.68. The minimum Gasteiger partial charge on any atom is -0.388 e. The summed E-state index contributed by atoms with van der Waals surface area (Å²) in [4.78, 5) is 7.84. The summed E-state index contributed by atoms with van der Waals surface area (Å²) < 4.78 is 7.59. The zero-order valence-corrected chi connectivity index (χ0v) is 13.3. The quantitative estimate of drug-likeness (QED) is 0.437. The molecule has 3 heterocycles. The number of anilines is 1. The molecule has 23 heavy (non-hydrogen) atoms. The van der Waals surface area contributed by atoms with Gasteiger partial charge in [-0.1, -0.05) is 0 Å². The predicted molar refractivity (Wildman–Crippen MR) is 88.9 cm³/mol. The summed E-state index contributed by atoms with van der Waals surface area (Å²) in [7, 11) is 0. The zero-order valence-electron chi connectivity index (χ0n) is 12.4. The Balaban J connectivity index is 2.14. The van der Waals surface area contributed by atoms with Crippen LogP contribution < -0.4 is 5.73 Å². The van der Waals surface area contributed by atoms with Crippen LogP contribution in [0.25, 0.3) is 5.52 Å². The maximum Gasteiger partial charge on any atom is 0.158 e. The molecular weight excluding hydrogens is 318 g/mol. The van der Waals surface area contributed by atoms with Gasteiger partial charge in [-0.25, -0.2) is 9.50 Å². The van der Waals surface area contributed by atoms with Gasteiger partial charge in [0.25, 0.3) is 0 Å². The second kappa shape index (κ2) is 6.08. The fourth-order valence-electron chi connectivity index (χ4n) is 3.11. The van der Waals surface area contributed by atoms with E-state index >= 15 is 0 Å². The van der Waals surface area contributed by atoms with Crippen LogP contribution in [-0.4, -0.2) is 62.1 Å². The van der Waals surface area contributed by atoms with E-state index in [2.05, 4.69) is 34.4 Å². The molecule has 1 aliphatic rings. The van der Waals surface area contributed by atoms with Crippen molar-refractivity contribution in [1.29, 1.82) is 0 Å². The lowest BCUT2D eigenvalue weighted by atomic mass is 9.91. The zero-order chi connectivity index (χ0) is 16.6. The van der Waals surface area contributed by atoms with E-state index in [1.165, 1.54) is 6.33 Å². The molecule has 0 radical (unpaired) electrons. The SMILES string of the molecule is C=NC[C@@]1(c2ccc3c(N)ncnn23)O[C@H](CCS)C(O)C1O. The average molecular weight is 337 g/mol. The van der Waals surface area contributed by atoms with E-state index in [1.54, 1.807) is 16.6 Å². The molecule has 0 bridgehead atoms. The van der Waals surface area contributed by atoms with Gasteiger partial charge in [-0.3, -0.25) is 4.99 Å². The molecule has 0 aliphatic carbocycles. The van der Waals surface area contributed by atoms with Crippen molar-refractivity contribution in [3.05, 3.63) is 24.2 Å². The lowest BCUT2D eigenvalue weighted by Gasteiger charge is -2.30. The van der Waals surface area contributed by atoms with Crippen molar-refractivity contribution in [2.75, 3.05) is 18.0 Å². The number of thiol groups is 1. The van der Waals surface area contributed by atoms with Crippen LogP contribution in [-0.2, 0) is 10.3 Å². The van der Waals surface area contributed by atoms with Gasteiger partial charge >= 0.3 is 0 Å². The van der Waals surface area contributed by atoms with Crippen LogP contribution in [0.1, 0.15) is 12.1 Å². The largest absolute Gasteiger partial charge is 0.388 e. The molecule has 2 unspecified atom stereocenters. The van der Waals surface area contributed by atoms with Crippen molar-refractivity contribution >= 4 is 30.7 Å². The Morgan fingerprint density at radius 2 is 2.26 bits per heavy atom. The number of aromatic nitrogens is 3. The highest BCUT2D eigenvalue weighted by Crippen LogP contribution is 2.42. The van der Waals surface area contributed by atoms with Gasteiger partial charge in [0.1, 0.15) is 24.1 Å².